The lowest BCUT2D eigenvalue weighted by Crippen LogP contribution is -2.26. The number of rotatable bonds is 2. The van der Waals surface area contributed by atoms with Crippen molar-refractivity contribution in [1.29, 1.82) is 0 Å². The monoisotopic (exact) mass is 192 g/mol. The summed E-state index contributed by atoms with van der Waals surface area (Å²) in [6.45, 7) is 2.28. The quantitative estimate of drug-likeness (QED) is 0.779. The predicted octanol–water partition coefficient (Wildman–Crippen LogP) is 2.02. The van der Waals surface area contributed by atoms with E-state index < -0.39 is 0 Å². The van der Waals surface area contributed by atoms with Crippen LogP contribution in [0.2, 0.25) is 0 Å². The molecule has 1 saturated carbocycles. The molecule has 1 N–H and O–H groups in total. The van der Waals surface area contributed by atoms with E-state index in [2.05, 4.69) is 10.5 Å². The van der Waals surface area contributed by atoms with Gasteiger partial charge in [-0.05, 0) is 44.7 Å². The highest BCUT2D eigenvalue weighted by Gasteiger charge is 2.32. The van der Waals surface area contributed by atoms with E-state index in [0.29, 0.717) is 11.8 Å². The van der Waals surface area contributed by atoms with Gasteiger partial charge in [0.05, 0.1) is 6.20 Å². The Balaban J connectivity index is 1.82. The molecule has 0 atom stereocenters. The Morgan fingerprint density at radius 3 is 2.64 bits per heavy atom. The fraction of sp³-hybridized carbons (Fsp3) is 0.727. The van der Waals surface area contributed by atoms with Crippen molar-refractivity contribution < 1.29 is 4.52 Å². The summed E-state index contributed by atoms with van der Waals surface area (Å²) < 4.78 is 5.37. The number of aromatic nitrogens is 1. The van der Waals surface area contributed by atoms with Gasteiger partial charge in [-0.1, -0.05) is 5.16 Å². The van der Waals surface area contributed by atoms with Gasteiger partial charge in [-0.2, -0.15) is 0 Å². The van der Waals surface area contributed by atoms with Crippen LogP contribution in [0.3, 0.4) is 0 Å². The van der Waals surface area contributed by atoms with Crippen LogP contribution in [0.25, 0.3) is 0 Å². The third kappa shape index (κ3) is 1.46. The Labute approximate surface area is 83.9 Å². The van der Waals surface area contributed by atoms with Crippen molar-refractivity contribution in [2.75, 3.05) is 13.1 Å². The summed E-state index contributed by atoms with van der Waals surface area (Å²) in [5.41, 5.74) is 1.40. The van der Waals surface area contributed by atoms with Crippen LogP contribution in [0.15, 0.2) is 10.7 Å². The molecule has 0 amide bonds. The molecule has 76 valence electrons. The first-order chi connectivity index (χ1) is 6.95. The van der Waals surface area contributed by atoms with Crippen molar-refractivity contribution >= 4 is 0 Å². The van der Waals surface area contributed by atoms with E-state index >= 15 is 0 Å². The molecule has 3 nitrogen and oxygen atoms in total. The minimum atomic E-state index is 0.693. The van der Waals surface area contributed by atoms with Gasteiger partial charge >= 0.3 is 0 Å². The Hall–Kier alpha value is -0.830. The molecule has 2 heterocycles. The fourth-order valence-electron chi connectivity index (χ4n) is 2.35. The molecule has 1 saturated heterocycles. The zero-order chi connectivity index (χ0) is 9.38. The molecular formula is C11H16N2O. The Morgan fingerprint density at radius 1 is 1.14 bits per heavy atom. The van der Waals surface area contributed by atoms with Gasteiger partial charge in [-0.25, -0.2) is 0 Å². The van der Waals surface area contributed by atoms with Gasteiger partial charge < -0.3 is 9.84 Å². The molecule has 0 radical (unpaired) electrons. The van der Waals surface area contributed by atoms with Crippen LogP contribution < -0.4 is 5.32 Å². The summed E-state index contributed by atoms with van der Waals surface area (Å²) in [7, 11) is 0. The lowest BCUT2D eigenvalue weighted by atomic mass is 9.90. The molecule has 1 aliphatic carbocycles. The number of nitrogens with one attached hydrogen (secondary N) is 1. The Bertz CT molecular complexity index is 311. The van der Waals surface area contributed by atoms with Crippen LogP contribution in [0.4, 0.5) is 0 Å². The summed E-state index contributed by atoms with van der Waals surface area (Å²) in [6, 6.07) is 0. The molecule has 2 aliphatic rings. The predicted molar refractivity (Wildman–Crippen MR) is 53.3 cm³/mol. The molecule has 1 aromatic heterocycles. The molecule has 0 bridgehead atoms. The Kier molecular flexibility index (Phi) is 2.05. The molecule has 1 aliphatic heterocycles. The summed E-state index contributed by atoms with van der Waals surface area (Å²) in [5.74, 6) is 2.58. The fourth-order valence-corrected chi connectivity index (χ4v) is 2.35. The summed E-state index contributed by atoms with van der Waals surface area (Å²) in [4.78, 5) is 0. The van der Waals surface area contributed by atoms with E-state index in [-0.39, 0.29) is 0 Å². The first kappa shape index (κ1) is 8.48. The molecule has 2 fully saturated rings. The average Bonchev–Trinajstić information content (AvgIpc) is 2.98. The molecule has 0 unspecified atom stereocenters. The van der Waals surface area contributed by atoms with E-state index in [1.165, 1.54) is 37.0 Å². The second kappa shape index (κ2) is 3.39. The van der Waals surface area contributed by atoms with E-state index in [0.717, 1.165) is 13.1 Å². The van der Waals surface area contributed by atoms with E-state index in [4.69, 9.17) is 4.52 Å². The molecule has 3 heteroatoms. The maximum absolute atomic E-state index is 5.37. The van der Waals surface area contributed by atoms with Crippen molar-refractivity contribution in [3.63, 3.8) is 0 Å². The van der Waals surface area contributed by atoms with Gasteiger partial charge in [0.25, 0.3) is 0 Å². The maximum Gasteiger partial charge on any atom is 0.143 e. The maximum atomic E-state index is 5.37. The molecular weight excluding hydrogens is 176 g/mol. The van der Waals surface area contributed by atoms with Crippen molar-refractivity contribution in [2.45, 2.75) is 37.5 Å². The van der Waals surface area contributed by atoms with Crippen LogP contribution >= 0.6 is 0 Å². The third-order valence-corrected chi connectivity index (χ3v) is 3.35. The second-order valence-electron chi connectivity index (χ2n) is 4.44. The first-order valence-corrected chi connectivity index (χ1v) is 5.60. The Morgan fingerprint density at radius 2 is 1.93 bits per heavy atom. The van der Waals surface area contributed by atoms with Crippen LogP contribution in [-0.2, 0) is 0 Å². The van der Waals surface area contributed by atoms with Crippen LogP contribution in [0.5, 0.6) is 0 Å². The molecule has 14 heavy (non-hydrogen) atoms. The smallest absolute Gasteiger partial charge is 0.143 e. The van der Waals surface area contributed by atoms with E-state index in [1.54, 1.807) is 0 Å². The van der Waals surface area contributed by atoms with Crippen LogP contribution in [-0.4, -0.2) is 18.2 Å². The van der Waals surface area contributed by atoms with Crippen molar-refractivity contribution in [3.05, 3.63) is 17.5 Å². The van der Waals surface area contributed by atoms with Gasteiger partial charge in [-0.15, -0.1) is 0 Å². The van der Waals surface area contributed by atoms with Gasteiger partial charge in [0.15, 0.2) is 0 Å². The van der Waals surface area contributed by atoms with Crippen LogP contribution in [0, 0.1) is 0 Å². The lowest BCUT2D eigenvalue weighted by Gasteiger charge is -2.21. The summed E-state index contributed by atoms with van der Waals surface area (Å²) in [5, 5.41) is 7.35. The number of hydrogen-bond donors (Lipinski definition) is 1. The number of nitrogens with zero attached hydrogens (tertiary/aromatic N) is 1. The molecule has 1 aromatic rings. The summed E-state index contributed by atoms with van der Waals surface area (Å²) >= 11 is 0. The largest absolute Gasteiger partial charge is 0.361 e. The van der Waals surface area contributed by atoms with Crippen molar-refractivity contribution in [1.82, 2.24) is 10.5 Å². The van der Waals surface area contributed by atoms with E-state index in [9.17, 15) is 0 Å². The topological polar surface area (TPSA) is 38.1 Å². The third-order valence-electron chi connectivity index (χ3n) is 3.35. The SMILES string of the molecule is c1noc(C2CC2)c1C1CCNCC1. The molecule has 3 rings (SSSR count). The van der Waals surface area contributed by atoms with Crippen molar-refractivity contribution in [2.24, 2.45) is 0 Å². The minimum Gasteiger partial charge on any atom is -0.361 e. The summed E-state index contributed by atoms with van der Waals surface area (Å²) in [6.07, 6.45) is 7.02. The highest BCUT2D eigenvalue weighted by atomic mass is 16.5. The number of piperidine rings is 1. The van der Waals surface area contributed by atoms with Gasteiger partial charge in [0.2, 0.25) is 0 Å². The van der Waals surface area contributed by atoms with Gasteiger partial charge in [0, 0.05) is 11.5 Å². The van der Waals surface area contributed by atoms with Gasteiger partial charge in [-0.3, -0.25) is 0 Å². The first-order valence-electron chi connectivity index (χ1n) is 5.60. The zero-order valence-electron chi connectivity index (χ0n) is 8.33. The highest BCUT2D eigenvalue weighted by molar-refractivity contribution is 5.25. The van der Waals surface area contributed by atoms with E-state index in [1.807, 2.05) is 6.20 Å². The average molecular weight is 192 g/mol. The molecule has 0 spiro atoms. The molecule has 0 aromatic carbocycles. The highest BCUT2D eigenvalue weighted by Crippen LogP contribution is 2.44. The zero-order valence-corrected chi connectivity index (χ0v) is 8.33. The minimum absolute atomic E-state index is 0.693. The second-order valence-corrected chi connectivity index (χ2v) is 4.44. The van der Waals surface area contributed by atoms with Crippen LogP contribution in [0.1, 0.15) is 48.8 Å². The standard InChI is InChI=1S/C11H16N2O/c1-2-9(1)11-10(7-13-14-11)8-3-5-12-6-4-8/h7-9,12H,1-6H2. The number of hydrogen-bond acceptors (Lipinski definition) is 3. The lowest BCUT2D eigenvalue weighted by molar-refractivity contribution is 0.377. The van der Waals surface area contributed by atoms with Gasteiger partial charge in [0.1, 0.15) is 5.76 Å². The van der Waals surface area contributed by atoms with Crippen molar-refractivity contribution in [3.8, 4) is 0 Å². The normalized spacial score (nSPS) is 24.0.